The lowest BCUT2D eigenvalue weighted by Gasteiger charge is -1.99. The van der Waals surface area contributed by atoms with E-state index in [1.54, 1.807) is 25.1 Å². The number of rotatable bonds is 1. The van der Waals surface area contributed by atoms with Gasteiger partial charge in [0.2, 0.25) is 0 Å². The summed E-state index contributed by atoms with van der Waals surface area (Å²) >= 11 is 0. The van der Waals surface area contributed by atoms with Crippen LogP contribution in [0.15, 0.2) is 24.9 Å². The molecule has 0 amide bonds. The summed E-state index contributed by atoms with van der Waals surface area (Å²) in [4.78, 5) is 0. The topological polar surface area (TPSA) is 26.9 Å². The van der Waals surface area contributed by atoms with E-state index in [2.05, 4.69) is 6.58 Å². The highest BCUT2D eigenvalue weighted by Crippen LogP contribution is 1.99. The summed E-state index contributed by atoms with van der Waals surface area (Å²) in [6, 6.07) is 3.52. The van der Waals surface area contributed by atoms with Crippen LogP contribution in [0.2, 0.25) is 0 Å². The van der Waals surface area contributed by atoms with Crippen molar-refractivity contribution >= 4 is 6.08 Å². The third-order valence-electron chi connectivity index (χ3n) is 1.36. The Labute approximate surface area is 60.0 Å². The predicted molar refractivity (Wildman–Crippen MR) is 40.2 cm³/mol. The minimum absolute atomic E-state index is 0.692. The second-order valence-electron chi connectivity index (χ2n) is 2.13. The van der Waals surface area contributed by atoms with Gasteiger partial charge in [-0.1, -0.05) is 12.7 Å². The van der Waals surface area contributed by atoms with Crippen LogP contribution in [-0.4, -0.2) is 0 Å². The standard InChI is InChI=1S/C8H9NO/c1-3-8-4-5-9(10)7(2)6-8/h3-6H,1H2,2H3. The molecule has 0 atom stereocenters. The molecule has 0 bridgehead atoms. The molecule has 2 heteroatoms. The van der Waals surface area contributed by atoms with Gasteiger partial charge in [-0.2, -0.15) is 4.73 Å². The molecule has 1 aromatic rings. The van der Waals surface area contributed by atoms with Gasteiger partial charge in [0.1, 0.15) is 0 Å². The molecule has 0 spiro atoms. The summed E-state index contributed by atoms with van der Waals surface area (Å²) in [5.74, 6) is 0. The molecular formula is C8H9NO. The molecule has 1 aromatic heterocycles. The first-order chi connectivity index (χ1) is 4.74. The zero-order valence-corrected chi connectivity index (χ0v) is 5.87. The lowest BCUT2D eigenvalue weighted by Crippen LogP contribution is -2.28. The van der Waals surface area contributed by atoms with E-state index >= 15 is 0 Å². The van der Waals surface area contributed by atoms with Gasteiger partial charge in [-0.15, -0.1) is 0 Å². The quantitative estimate of drug-likeness (QED) is 0.421. The summed E-state index contributed by atoms with van der Waals surface area (Å²) in [6.07, 6.45) is 3.19. The number of aryl methyl sites for hydroxylation is 1. The fourth-order valence-corrected chi connectivity index (χ4v) is 0.751. The summed E-state index contributed by atoms with van der Waals surface area (Å²) in [5.41, 5.74) is 1.67. The molecule has 0 fully saturated rings. The summed E-state index contributed by atoms with van der Waals surface area (Å²) in [5, 5.41) is 10.8. The molecule has 0 saturated carbocycles. The first kappa shape index (κ1) is 6.81. The van der Waals surface area contributed by atoms with Gasteiger partial charge < -0.3 is 5.21 Å². The second kappa shape index (κ2) is 2.52. The average Bonchev–Trinajstić information content (AvgIpc) is 1.95. The van der Waals surface area contributed by atoms with E-state index in [0.717, 1.165) is 10.3 Å². The molecular weight excluding hydrogens is 126 g/mol. The van der Waals surface area contributed by atoms with E-state index in [-0.39, 0.29) is 0 Å². The van der Waals surface area contributed by atoms with Gasteiger partial charge in [-0.3, -0.25) is 0 Å². The Morgan fingerprint density at radius 1 is 1.70 bits per heavy atom. The van der Waals surface area contributed by atoms with Gasteiger partial charge in [0.25, 0.3) is 0 Å². The highest BCUT2D eigenvalue weighted by atomic mass is 16.5. The Bertz CT molecular complexity index is 255. The van der Waals surface area contributed by atoms with Crippen LogP contribution in [0, 0.1) is 12.1 Å². The van der Waals surface area contributed by atoms with Crippen molar-refractivity contribution in [1.82, 2.24) is 0 Å². The Morgan fingerprint density at radius 2 is 2.40 bits per heavy atom. The van der Waals surface area contributed by atoms with Crippen molar-refractivity contribution < 1.29 is 4.73 Å². The van der Waals surface area contributed by atoms with Gasteiger partial charge in [0.15, 0.2) is 11.9 Å². The third kappa shape index (κ3) is 1.16. The fraction of sp³-hybridized carbons (Fsp3) is 0.125. The molecule has 0 aliphatic heterocycles. The van der Waals surface area contributed by atoms with Crippen LogP contribution in [0.5, 0.6) is 0 Å². The Kier molecular flexibility index (Phi) is 1.71. The number of hydrogen-bond acceptors (Lipinski definition) is 1. The van der Waals surface area contributed by atoms with Crippen LogP contribution >= 0.6 is 0 Å². The maximum Gasteiger partial charge on any atom is 0.190 e. The highest BCUT2D eigenvalue weighted by molar-refractivity contribution is 5.45. The van der Waals surface area contributed by atoms with Gasteiger partial charge in [-0.05, 0) is 5.56 Å². The normalized spacial score (nSPS) is 9.30. The van der Waals surface area contributed by atoms with E-state index in [0.29, 0.717) is 5.69 Å². The van der Waals surface area contributed by atoms with Gasteiger partial charge in [0.05, 0.1) is 0 Å². The van der Waals surface area contributed by atoms with Crippen LogP contribution in [-0.2, 0) is 0 Å². The third-order valence-corrected chi connectivity index (χ3v) is 1.36. The zero-order chi connectivity index (χ0) is 7.56. The van der Waals surface area contributed by atoms with Crippen molar-refractivity contribution in [2.75, 3.05) is 0 Å². The van der Waals surface area contributed by atoms with Crippen molar-refractivity contribution in [2.45, 2.75) is 6.92 Å². The number of pyridine rings is 1. The smallest absolute Gasteiger partial charge is 0.190 e. The van der Waals surface area contributed by atoms with E-state index in [9.17, 15) is 5.21 Å². The van der Waals surface area contributed by atoms with E-state index < -0.39 is 0 Å². The van der Waals surface area contributed by atoms with Gasteiger partial charge >= 0.3 is 0 Å². The van der Waals surface area contributed by atoms with E-state index in [4.69, 9.17) is 0 Å². The number of aromatic nitrogens is 1. The SMILES string of the molecule is C=Cc1cc[n+]([O-])c(C)c1. The van der Waals surface area contributed by atoms with Crippen molar-refractivity contribution in [1.29, 1.82) is 0 Å². The molecule has 0 N–H and O–H groups in total. The van der Waals surface area contributed by atoms with Crippen LogP contribution in [0.1, 0.15) is 11.3 Å². The largest absolute Gasteiger partial charge is 0.619 e. The van der Waals surface area contributed by atoms with Crippen LogP contribution in [0.4, 0.5) is 0 Å². The first-order valence-corrected chi connectivity index (χ1v) is 3.06. The maximum atomic E-state index is 10.8. The molecule has 0 radical (unpaired) electrons. The van der Waals surface area contributed by atoms with Gasteiger partial charge in [0, 0.05) is 19.1 Å². The monoisotopic (exact) mass is 135 g/mol. The zero-order valence-electron chi connectivity index (χ0n) is 5.87. The highest BCUT2D eigenvalue weighted by Gasteiger charge is 1.96. The molecule has 2 nitrogen and oxygen atoms in total. The molecule has 1 rings (SSSR count). The molecule has 10 heavy (non-hydrogen) atoms. The number of hydrogen-bond donors (Lipinski definition) is 0. The van der Waals surface area contributed by atoms with Gasteiger partial charge in [-0.25, -0.2) is 0 Å². The fourth-order valence-electron chi connectivity index (χ4n) is 0.751. The molecule has 0 aliphatic carbocycles. The summed E-state index contributed by atoms with van der Waals surface area (Å²) in [6.45, 7) is 5.35. The number of nitrogens with zero attached hydrogens (tertiary/aromatic N) is 1. The molecule has 0 aromatic carbocycles. The van der Waals surface area contributed by atoms with Crippen LogP contribution < -0.4 is 4.73 Å². The molecule has 52 valence electrons. The Hall–Kier alpha value is -1.31. The summed E-state index contributed by atoms with van der Waals surface area (Å²) < 4.78 is 0.826. The van der Waals surface area contributed by atoms with Crippen LogP contribution in [0.25, 0.3) is 6.08 Å². The second-order valence-corrected chi connectivity index (χ2v) is 2.13. The van der Waals surface area contributed by atoms with Crippen molar-refractivity contribution in [3.63, 3.8) is 0 Å². The molecule has 0 saturated heterocycles. The Balaban J connectivity index is 3.16. The lowest BCUT2D eigenvalue weighted by atomic mass is 10.2. The Morgan fingerprint density at radius 3 is 2.90 bits per heavy atom. The molecule has 1 heterocycles. The summed E-state index contributed by atoms with van der Waals surface area (Å²) in [7, 11) is 0. The lowest BCUT2D eigenvalue weighted by molar-refractivity contribution is -0.612. The van der Waals surface area contributed by atoms with E-state index in [1.807, 2.05) is 0 Å². The van der Waals surface area contributed by atoms with Crippen molar-refractivity contribution in [2.24, 2.45) is 0 Å². The van der Waals surface area contributed by atoms with Crippen molar-refractivity contribution in [3.8, 4) is 0 Å². The first-order valence-electron chi connectivity index (χ1n) is 3.06. The van der Waals surface area contributed by atoms with E-state index in [1.165, 1.54) is 6.20 Å². The molecule has 0 aliphatic rings. The minimum Gasteiger partial charge on any atom is -0.619 e. The average molecular weight is 135 g/mol. The maximum absolute atomic E-state index is 10.8. The van der Waals surface area contributed by atoms with Crippen molar-refractivity contribution in [3.05, 3.63) is 41.4 Å². The minimum atomic E-state index is 0.692. The van der Waals surface area contributed by atoms with Crippen LogP contribution in [0.3, 0.4) is 0 Å². The molecule has 0 unspecified atom stereocenters. The predicted octanol–water partition coefficient (Wildman–Crippen LogP) is 1.27.